The minimum atomic E-state index is -0.493. The third-order valence-corrected chi connectivity index (χ3v) is 2.14. The van der Waals surface area contributed by atoms with Crippen LogP contribution in [-0.2, 0) is 4.74 Å². The van der Waals surface area contributed by atoms with Crippen molar-refractivity contribution in [1.29, 1.82) is 0 Å². The molecular formula is C10H18O3. The van der Waals surface area contributed by atoms with Gasteiger partial charge in [-0.2, -0.15) is 0 Å². The highest BCUT2D eigenvalue weighted by Crippen LogP contribution is 2.24. The first-order valence-electron chi connectivity index (χ1n) is 4.78. The quantitative estimate of drug-likeness (QED) is 0.701. The predicted octanol–water partition coefficient (Wildman–Crippen LogP) is 1.63. The standard InChI is InChI=1S/C10H18O3/c1-7(2)5-13-6-8-9(11)3-4-10(8)12/h7,9,11-12H,3-6H2,1-2H3. The third-order valence-electron chi connectivity index (χ3n) is 2.14. The highest BCUT2D eigenvalue weighted by molar-refractivity contribution is 5.18. The van der Waals surface area contributed by atoms with Crippen LogP contribution < -0.4 is 0 Å². The van der Waals surface area contributed by atoms with Crippen molar-refractivity contribution in [2.45, 2.75) is 32.8 Å². The largest absolute Gasteiger partial charge is 0.512 e. The lowest BCUT2D eigenvalue weighted by molar-refractivity contribution is 0.108. The Kier molecular flexibility index (Phi) is 3.75. The van der Waals surface area contributed by atoms with E-state index in [-0.39, 0.29) is 0 Å². The number of allylic oxidation sites excluding steroid dienone is 1. The molecule has 0 aromatic carbocycles. The maximum absolute atomic E-state index is 9.43. The van der Waals surface area contributed by atoms with Gasteiger partial charge in [-0.15, -0.1) is 0 Å². The van der Waals surface area contributed by atoms with Gasteiger partial charge in [-0.05, 0) is 12.3 Å². The van der Waals surface area contributed by atoms with Crippen molar-refractivity contribution < 1.29 is 14.9 Å². The van der Waals surface area contributed by atoms with Crippen LogP contribution in [0.1, 0.15) is 26.7 Å². The van der Waals surface area contributed by atoms with Crippen LogP contribution in [0.25, 0.3) is 0 Å². The van der Waals surface area contributed by atoms with Crippen LogP contribution in [-0.4, -0.2) is 29.5 Å². The summed E-state index contributed by atoms with van der Waals surface area (Å²) in [5.41, 5.74) is 0.667. The third kappa shape index (κ3) is 3.01. The number of hydrogen-bond acceptors (Lipinski definition) is 3. The molecule has 3 nitrogen and oxygen atoms in total. The Balaban J connectivity index is 2.31. The van der Waals surface area contributed by atoms with E-state index in [1.54, 1.807) is 0 Å². The summed E-state index contributed by atoms with van der Waals surface area (Å²) in [6.07, 6.45) is 0.723. The number of hydrogen-bond donors (Lipinski definition) is 2. The number of aliphatic hydroxyl groups excluding tert-OH is 2. The van der Waals surface area contributed by atoms with Gasteiger partial charge in [-0.25, -0.2) is 0 Å². The van der Waals surface area contributed by atoms with E-state index in [9.17, 15) is 10.2 Å². The van der Waals surface area contributed by atoms with Gasteiger partial charge in [0.05, 0.1) is 18.5 Å². The molecular weight excluding hydrogens is 168 g/mol. The molecule has 0 aliphatic heterocycles. The van der Waals surface area contributed by atoms with E-state index < -0.39 is 6.10 Å². The van der Waals surface area contributed by atoms with Crippen molar-refractivity contribution in [3.8, 4) is 0 Å². The zero-order chi connectivity index (χ0) is 9.84. The minimum Gasteiger partial charge on any atom is -0.512 e. The average molecular weight is 186 g/mol. The summed E-state index contributed by atoms with van der Waals surface area (Å²) in [7, 11) is 0. The van der Waals surface area contributed by atoms with E-state index in [0.717, 1.165) is 0 Å². The molecule has 0 saturated heterocycles. The molecule has 0 bridgehead atoms. The van der Waals surface area contributed by atoms with Crippen molar-refractivity contribution in [2.24, 2.45) is 5.92 Å². The lowest BCUT2D eigenvalue weighted by Gasteiger charge is -2.10. The first kappa shape index (κ1) is 10.5. The van der Waals surface area contributed by atoms with E-state index in [1.807, 2.05) is 0 Å². The molecule has 13 heavy (non-hydrogen) atoms. The molecule has 0 radical (unpaired) electrons. The molecule has 1 rings (SSSR count). The van der Waals surface area contributed by atoms with Crippen LogP contribution in [0, 0.1) is 5.92 Å². The Morgan fingerprint density at radius 1 is 1.54 bits per heavy atom. The lowest BCUT2D eigenvalue weighted by Crippen LogP contribution is -2.13. The van der Waals surface area contributed by atoms with E-state index >= 15 is 0 Å². The smallest absolute Gasteiger partial charge is 0.0964 e. The van der Waals surface area contributed by atoms with Gasteiger partial charge in [0.1, 0.15) is 0 Å². The first-order chi connectivity index (χ1) is 6.11. The first-order valence-corrected chi connectivity index (χ1v) is 4.78. The molecule has 1 aliphatic carbocycles. The van der Waals surface area contributed by atoms with Gasteiger partial charge < -0.3 is 14.9 Å². The highest BCUT2D eigenvalue weighted by atomic mass is 16.5. The maximum atomic E-state index is 9.43. The van der Waals surface area contributed by atoms with Crippen LogP contribution in [0.3, 0.4) is 0 Å². The minimum absolute atomic E-state index is 0.316. The average Bonchev–Trinajstić information content (AvgIpc) is 2.34. The molecule has 0 amide bonds. The fraction of sp³-hybridized carbons (Fsp3) is 0.800. The maximum Gasteiger partial charge on any atom is 0.0964 e. The molecule has 0 fully saturated rings. The van der Waals surface area contributed by atoms with E-state index in [2.05, 4.69) is 13.8 Å². The van der Waals surface area contributed by atoms with Crippen LogP contribution >= 0.6 is 0 Å². The molecule has 76 valence electrons. The Morgan fingerprint density at radius 2 is 2.23 bits per heavy atom. The van der Waals surface area contributed by atoms with Gasteiger partial charge in [0.15, 0.2) is 0 Å². The Bertz CT molecular complexity index is 196. The fourth-order valence-corrected chi connectivity index (χ4v) is 1.38. The Morgan fingerprint density at radius 3 is 2.69 bits per heavy atom. The molecule has 1 aliphatic rings. The summed E-state index contributed by atoms with van der Waals surface area (Å²) >= 11 is 0. The van der Waals surface area contributed by atoms with Gasteiger partial charge in [-0.3, -0.25) is 0 Å². The molecule has 2 N–H and O–H groups in total. The van der Waals surface area contributed by atoms with Crippen LogP contribution in [0.2, 0.25) is 0 Å². The molecule has 3 heteroatoms. The second-order valence-corrected chi connectivity index (χ2v) is 3.94. The zero-order valence-electron chi connectivity index (χ0n) is 8.29. The highest BCUT2D eigenvalue weighted by Gasteiger charge is 2.23. The fourth-order valence-electron chi connectivity index (χ4n) is 1.38. The summed E-state index contributed by atoms with van der Waals surface area (Å²) in [6, 6.07) is 0. The van der Waals surface area contributed by atoms with E-state index in [4.69, 9.17) is 4.74 Å². The van der Waals surface area contributed by atoms with Gasteiger partial charge >= 0.3 is 0 Å². The van der Waals surface area contributed by atoms with Crippen LogP contribution in [0.4, 0.5) is 0 Å². The molecule has 0 heterocycles. The number of rotatable bonds is 4. The van der Waals surface area contributed by atoms with Crippen molar-refractivity contribution in [3.05, 3.63) is 11.3 Å². The zero-order valence-corrected chi connectivity index (χ0v) is 8.29. The summed E-state index contributed by atoms with van der Waals surface area (Å²) in [4.78, 5) is 0. The normalized spacial score (nSPS) is 23.2. The van der Waals surface area contributed by atoms with Crippen molar-refractivity contribution in [1.82, 2.24) is 0 Å². The van der Waals surface area contributed by atoms with Crippen molar-refractivity contribution >= 4 is 0 Å². The summed E-state index contributed by atoms with van der Waals surface area (Å²) in [5.74, 6) is 0.803. The number of aliphatic hydroxyl groups is 2. The molecule has 0 spiro atoms. The topological polar surface area (TPSA) is 49.7 Å². The predicted molar refractivity (Wildman–Crippen MR) is 50.6 cm³/mol. The number of ether oxygens (including phenoxy) is 1. The molecule has 0 aromatic rings. The van der Waals surface area contributed by atoms with Crippen LogP contribution in [0.5, 0.6) is 0 Å². The van der Waals surface area contributed by atoms with E-state index in [0.29, 0.717) is 43.3 Å². The van der Waals surface area contributed by atoms with Crippen LogP contribution in [0.15, 0.2) is 11.3 Å². The molecule has 0 saturated carbocycles. The Labute approximate surface area is 79.0 Å². The monoisotopic (exact) mass is 186 g/mol. The summed E-state index contributed by atoms with van der Waals surface area (Å²) in [6.45, 7) is 5.17. The van der Waals surface area contributed by atoms with Crippen molar-refractivity contribution in [2.75, 3.05) is 13.2 Å². The second-order valence-electron chi connectivity index (χ2n) is 3.94. The van der Waals surface area contributed by atoms with Gasteiger partial charge in [0.2, 0.25) is 0 Å². The summed E-state index contributed by atoms with van der Waals surface area (Å²) in [5, 5.41) is 18.8. The van der Waals surface area contributed by atoms with Crippen molar-refractivity contribution in [3.63, 3.8) is 0 Å². The lowest BCUT2D eigenvalue weighted by atomic mass is 10.2. The Hall–Kier alpha value is -0.540. The van der Waals surface area contributed by atoms with Gasteiger partial charge in [-0.1, -0.05) is 13.8 Å². The van der Waals surface area contributed by atoms with Gasteiger partial charge in [0.25, 0.3) is 0 Å². The molecule has 1 atom stereocenters. The molecule has 0 aromatic heterocycles. The van der Waals surface area contributed by atoms with Gasteiger partial charge in [0, 0.05) is 18.6 Å². The second kappa shape index (κ2) is 4.63. The summed E-state index contributed by atoms with van der Waals surface area (Å²) < 4.78 is 5.34. The molecule has 1 unspecified atom stereocenters. The van der Waals surface area contributed by atoms with E-state index in [1.165, 1.54) is 0 Å². The SMILES string of the molecule is CC(C)COCC1=C(O)CCC1O.